The van der Waals surface area contributed by atoms with E-state index in [9.17, 15) is 4.79 Å². The first kappa shape index (κ1) is 17.1. The van der Waals surface area contributed by atoms with E-state index in [1.54, 1.807) is 0 Å². The van der Waals surface area contributed by atoms with E-state index in [2.05, 4.69) is 25.9 Å². The van der Waals surface area contributed by atoms with Gasteiger partial charge in [-0.25, -0.2) is 0 Å². The fraction of sp³-hybridized carbons (Fsp3) is 0.632. The van der Waals surface area contributed by atoms with Gasteiger partial charge in [-0.2, -0.15) is 0 Å². The van der Waals surface area contributed by atoms with Crippen molar-refractivity contribution in [3.63, 3.8) is 0 Å². The molecule has 1 amide bonds. The zero-order valence-electron chi connectivity index (χ0n) is 15.3. The molecule has 0 bridgehead atoms. The lowest BCUT2D eigenvalue weighted by Gasteiger charge is -2.31. The van der Waals surface area contributed by atoms with Gasteiger partial charge in [0.25, 0.3) is 0 Å². The summed E-state index contributed by atoms with van der Waals surface area (Å²) in [6, 6.07) is 6.27. The molecule has 1 aromatic rings. The van der Waals surface area contributed by atoms with Gasteiger partial charge in [0.2, 0.25) is 5.91 Å². The summed E-state index contributed by atoms with van der Waals surface area (Å²) < 4.78 is 11.3. The van der Waals surface area contributed by atoms with Crippen LogP contribution in [0.5, 0.6) is 11.5 Å². The summed E-state index contributed by atoms with van der Waals surface area (Å²) in [7, 11) is 4.17. The van der Waals surface area contributed by atoms with Crippen molar-refractivity contribution in [3.05, 3.63) is 23.8 Å². The lowest BCUT2D eigenvalue weighted by molar-refractivity contribution is -0.135. The molecule has 5 nitrogen and oxygen atoms in total. The summed E-state index contributed by atoms with van der Waals surface area (Å²) >= 11 is 0. The highest BCUT2D eigenvalue weighted by atomic mass is 16.6. The zero-order chi connectivity index (χ0) is 17.5. The van der Waals surface area contributed by atoms with E-state index in [-0.39, 0.29) is 5.91 Å². The Balaban J connectivity index is 1.81. The molecule has 1 saturated heterocycles. The Morgan fingerprint density at radius 3 is 2.46 bits per heavy atom. The number of ether oxygens (including phenoxy) is 2. The van der Waals surface area contributed by atoms with Crippen molar-refractivity contribution < 1.29 is 14.3 Å². The van der Waals surface area contributed by atoms with Crippen LogP contribution in [0.3, 0.4) is 0 Å². The number of benzene rings is 1. The topological polar surface area (TPSA) is 42.0 Å². The summed E-state index contributed by atoms with van der Waals surface area (Å²) in [5.41, 5.74) is 0.384. The van der Waals surface area contributed by atoms with Crippen molar-refractivity contribution >= 4 is 5.91 Å². The lowest BCUT2D eigenvalue weighted by Crippen LogP contribution is -2.43. The molecule has 1 aromatic carbocycles. The Hall–Kier alpha value is -1.75. The van der Waals surface area contributed by atoms with E-state index in [1.807, 2.05) is 36.9 Å². The van der Waals surface area contributed by atoms with Crippen molar-refractivity contribution in [3.8, 4) is 11.5 Å². The minimum atomic E-state index is -0.587. The number of hydrogen-bond donors (Lipinski definition) is 0. The van der Waals surface area contributed by atoms with Crippen molar-refractivity contribution in [2.45, 2.75) is 32.2 Å². The van der Waals surface area contributed by atoms with Gasteiger partial charge in [0.05, 0.1) is 5.41 Å². The molecule has 0 N–H and O–H groups in total. The van der Waals surface area contributed by atoms with Gasteiger partial charge >= 0.3 is 0 Å². The first-order valence-electron chi connectivity index (χ1n) is 8.66. The Kier molecular flexibility index (Phi) is 4.47. The van der Waals surface area contributed by atoms with Gasteiger partial charge in [-0.1, -0.05) is 13.0 Å². The predicted octanol–water partition coefficient (Wildman–Crippen LogP) is 2.14. The van der Waals surface area contributed by atoms with Crippen LogP contribution in [0, 0.1) is 5.92 Å². The molecule has 2 unspecified atom stereocenters. The normalized spacial score (nSPS) is 23.7. The summed E-state index contributed by atoms with van der Waals surface area (Å²) in [5, 5.41) is 0. The van der Waals surface area contributed by atoms with E-state index >= 15 is 0 Å². The van der Waals surface area contributed by atoms with Crippen LogP contribution in [0.25, 0.3) is 0 Å². The SMILES string of the molecule is CC1CN(C(=O)C(C)(C)c2ccc3c(c2)OCCO3)CC1N(C)C. The number of likely N-dealkylation sites (N-methyl/N-ethyl adjacent to an activating group) is 1. The van der Waals surface area contributed by atoms with Gasteiger partial charge in [0.1, 0.15) is 13.2 Å². The first-order valence-corrected chi connectivity index (χ1v) is 8.66. The average Bonchev–Trinajstić information content (AvgIpc) is 2.95. The van der Waals surface area contributed by atoms with E-state index < -0.39 is 5.41 Å². The molecule has 2 aliphatic heterocycles. The van der Waals surface area contributed by atoms with Crippen LogP contribution in [-0.4, -0.2) is 62.1 Å². The molecule has 2 atom stereocenters. The molecule has 0 aliphatic carbocycles. The number of carbonyl (C=O) groups is 1. The molecule has 1 fully saturated rings. The Bertz CT molecular complexity index is 627. The van der Waals surface area contributed by atoms with Crippen LogP contribution >= 0.6 is 0 Å². The monoisotopic (exact) mass is 332 g/mol. The molecule has 0 aromatic heterocycles. The highest BCUT2D eigenvalue weighted by molar-refractivity contribution is 5.88. The smallest absolute Gasteiger partial charge is 0.232 e. The van der Waals surface area contributed by atoms with Gasteiger partial charge in [-0.15, -0.1) is 0 Å². The lowest BCUT2D eigenvalue weighted by atomic mass is 9.83. The van der Waals surface area contributed by atoms with Crippen molar-refractivity contribution in [1.82, 2.24) is 9.80 Å². The molecule has 2 heterocycles. The number of hydrogen-bond acceptors (Lipinski definition) is 4. The standard InChI is InChI=1S/C19H28N2O3/c1-13-11-21(12-15(13)20(4)5)18(22)19(2,3)14-6-7-16-17(10-14)24-9-8-23-16/h6-7,10,13,15H,8-9,11-12H2,1-5H3. The van der Waals surface area contributed by atoms with Crippen LogP contribution < -0.4 is 9.47 Å². The van der Waals surface area contributed by atoms with Gasteiger partial charge in [0, 0.05) is 19.1 Å². The molecular weight excluding hydrogens is 304 g/mol. The fourth-order valence-corrected chi connectivity index (χ4v) is 3.74. The fourth-order valence-electron chi connectivity index (χ4n) is 3.74. The summed E-state index contributed by atoms with van der Waals surface area (Å²) in [6.45, 7) is 8.94. The number of carbonyl (C=O) groups excluding carboxylic acids is 1. The van der Waals surface area contributed by atoms with E-state index in [4.69, 9.17) is 9.47 Å². The van der Waals surface area contributed by atoms with E-state index in [0.29, 0.717) is 25.2 Å². The minimum absolute atomic E-state index is 0.176. The summed E-state index contributed by atoms with van der Waals surface area (Å²) in [4.78, 5) is 17.4. The largest absolute Gasteiger partial charge is 0.486 e. The molecule has 0 spiro atoms. The van der Waals surface area contributed by atoms with Crippen molar-refractivity contribution in [1.29, 1.82) is 0 Å². The van der Waals surface area contributed by atoms with E-state index in [1.165, 1.54) is 0 Å². The molecule has 132 valence electrons. The van der Waals surface area contributed by atoms with Crippen LogP contribution in [0.1, 0.15) is 26.3 Å². The highest BCUT2D eigenvalue weighted by Gasteiger charge is 2.40. The quantitative estimate of drug-likeness (QED) is 0.850. The van der Waals surface area contributed by atoms with Gasteiger partial charge in [0.15, 0.2) is 11.5 Å². The van der Waals surface area contributed by atoms with Gasteiger partial charge in [-0.3, -0.25) is 4.79 Å². The molecule has 2 aliphatic rings. The first-order chi connectivity index (χ1) is 11.3. The maximum atomic E-state index is 13.2. The summed E-state index contributed by atoms with van der Waals surface area (Å²) in [5.74, 6) is 2.16. The number of rotatable bonds is 3. The molecule has 3 rings (SSSR count). The number of nitrogens with zero attached hydrogens (tertiary/aromatic N) is 2. The second kappa shape index (κ2) is 6.28. The van der Waals surface area contributed by atoms with Crippen molar-refractivity contribution in [2.75, 3.05) is 40.4 Å². The maximum absolute atomic E-state index is 13.2. The predicted molar refractivity (Wildman–Crippen MR) is 93.7 cm³/mol. The number of amides is 1. The highest BCUT2D eigenvalue weighted by Crippen LogP contribution is 2.36. The Morgan fingerprint density at radius 1 is 1.17 bits per heavy atom. The Labute approximate surface area is 144 Å². The maximum Gasteiger partial charge on any atom is 0.232 e. The third kappa shape index (κ3) is 2.97. The molecule has 24 heavy (non-hydrogen) atoms. The summed E-state index contributed by atoms with van der Waals surface area (Å²) in [6.07, 6.45) is 0. The van der Waals surface area contributed by atoms with Crippen LogP contribution in [0.4, 0.5) is 0 Å². The van der Waals surface area contributed by atoms with Crippen LogP contribution in [-0.2, 0) is 10.2 Å². The molecule has 0 radical (unpaired) electrons. The third-order valence-electron chi connectivity index (χ3n) is 5.32. The molecular formula is C19H28N2O3. The second-order valence-electron chi connectivity index (χ2n) is 7.70. The molecule has 0 saturated carbocycles. The second-order valence-corrected chi connectivity index (χ2v) is 7.70. The zero-order valence-corrected chi connectivity index (χ0v) is 15.3. The van der Waals surface area contributed by atoms with Crippen molar-refractivity contribution in [2.24, 2.45) is 5.92 Å². The third-order valence-corrected chi connectivity index (χ3v) is 5.32. The van der Waals surface area contributed by atoms with Gasteiger partial charge in [-0.05, 0) is 51.6 Å². The van der Waals surface area contributed by atoms with Crippen LogP contribution in [0.2, 0.25) is 0 Å². The molecule has 5 heteroatoms. The minimum Gasteiger partial charge on any atom is -0.486 e. The average molecular weight is 332 g/mol. The van der Waals surface area contributed by atoms with Gasteiger partial charge < -0.3 is 19.3 Å². The van der Waals surface area contributed by atoms with E-state index in [0.717, 1.165) is 30.2 Å². The van der Waals surface area contributed by atoms with Crippen LogP contribution in [0.15, 0.2) is 18.2 Å². The number of fused-ring (bicyclic) bond motifs is 1. The Morgan fingerprint density at radius 2 is 1.83 bits per heavy atom. The number of likely N-dealkylation sites (tertiary alicyclic amines) is 1.